The smallest absolute Gasteiger partial charge is 0.231 e. The zero-order valence-electron chi connectivity index (χ0n) is 10.6. The van der Waals surface area contributed by atoms with Gasteiger partial charge in [0.05, 0.1) is 0 Å². The molecule has 1 saturated heterocycles. The molecular formula is C14H20N2O2. The highest BCUT2D eigenvalue weighted by Crippen LogP contribution is 2.35. The third-order valence-corrected chi connectivity index (χ3v) is 3.69. The maximum atomic E-state index is 5.50. The van der Waals surface area contributed by atoms with Gasteiger partial charge in [0.2, 0.25) is 6.79 Å². The molecule has 2 aliphatic rings. The standard InChI is InChI=1S/C14H20N2O2/c1-2-12(14-13(3-1)17-10-18-14)9-16-8-11-4-6-15-7-5-11/h1-3,11,15-16H,4-10H2. The van der Waals surface area contributed by atoms with Crippen molar-refractivity contribution < 1.29 is 9.47 Å². The summed E-state index contributed by atoms with van der Waals surface area (Å²) < 4.78 is 10.9. The summed E-state index contributed by atoms with van der Waals surface area (Å²) >= 11 is 0. The summed E-state index contributed by atoms with van der Waals surface area (Å²) in [5.74, 6) is 2.59. The van der Waals surface area contributed by atoms with Crippen LogP contribution in [0.15, 0.2) is 18.2 Å². The summed E-state index contributed by atoms with van der Waals surface area (Å²) in [6.07, 6.45) is 2.55. The zero-order chi connectivity index (χ0) is 12.2. The van der Waals surface area contributed by atoms with Crippen molar-refractivity contribution in [1.29, 1.82) is 0 Å². The number of nitrogens with one attached hydrogen (secondary N) is 2. The number of rotatable bonds is 4. The van der Waals surface area contributed by atoms with Crippen LogP contribution in [-0.2, 0) is 6.54 Å². The summed E-state index contributed by atoms with van der Waals surface area (Å²) in [5.41, 5.74) is 1.19. The van der Waals surface area contributed by atoms with Gasteiger partial charge in [0.25, 0.3) is 0 Å². The Morgan fingerprint density at radius 2 is 2.11 bits per heavy atom. The van der Waals surface area contributed by atoms with E-state index < -0.39 is 0 Å². The van der Waals surface area contributed by atoms with Crippen molar-refractivity contribution >= 4 is 0 Å². The average Bonchev–Trinajstić information content (AvgIpc) is 2.89. The van der Waals surface area contributed by atoms with Crippen LogP contribution in [-0.4, -0.2) is 26.4 Å². The lowest BCUT2D eigenvalue weighted by Crippen LogP contribution is -2.33. The molecule has 1 aromatic carbocycles. The Hall–Kier alpha value is -1.26. The van der Waals surface area contributed by atoms with Crippen LogP contribution >= 0.6 is 0 Å². The highest BCUT2D eigenvalue weighted by Gasteiger charge is 2.17. The van der Waals surface area contributed by atoms with E-state index in [0.29, 0.717) is 6.79 Å². The van der Waals surface area contributed by atoms with Crippen molar-refractivity contribution in [2.45, 2.75) is 19.4 Å². The minimum atomic E-state index is 0.348. The van der Waals surface area contributed by atoms with Gasteiger partial charge < -0.3 is 20.1 Å². The molecule has 3 rings (SSSR count). The first-order chi connectivity index (χ1) is 8.93. The minimum Gasteiger partial charge on any atom is -0.454 e. The Morgan fingerprint density at radius 3 is 3.00 bits per heavy atom. The van der Waals surface area contributed by atoms with Gasteiger partial charge in [-0.15, -0.1) is 0 Å². The summed E-state index contributed by atoms with van der Waals surface area (Å²) in [5, 5.41) is 6.93. The zero-order valence-corrected chi connectivity index (χ0v) is 10.6. The van der Waals surface area contributed by atoms with Crippen LogP contribution in [0.3, 0.4) is 0 Å². The van der Waals surface area contributed by atoms with Crippen LogP contribution in [0.1, 0.15) is 18.4 Å². The number of para-hydroxylation sites is 1. The molecule has 0 bridgehead atoms. The van der Waals surface area contributed by atoms with E-state index in [0.717, 1.165) is 43.6 Å². The van der Waals surface area contributed by atoms with Gasteiger partial charge in [-0.2, -0.15) is 0 Å². The fraction of sp³-hybridized carbons (Fsp3) is 0.571. The number of hydrogen-bond donors (Lipinski definition) is 2. The van der Waals surface area contributed by atoms with Crippen LogP contribution in [0, 0.1) is 5.92 Å². The Bertz CT molecular complexity index is 403. The van der Waals surface area contributed by atoms with Gasteiger partial charge >= 0.3 is 0 Å². The molecule has 4 heteroatoms. The minimum absolute atomic E-state index is 0.348. The van der Waals surface area contributed by atoms with Gasteiger partial charge in [-0.3, -0.25) is 0 Å². The van der Waals surface area contributed by atoms with Gasteiger partial charge in [0.15, 0.2) is 11.5 Å². The Labute approximate surface area is 108 Å². The molecule has 2 aliphatic heterocycles. The van der Waals surface area contributed by atoms with Crippen LogP contribution < -0.4 is 20.1 Å². The summed E-state index contributed by atoms with van der Waals surface area (Å²) in [6.45, 7) is 4.61. The van der Waals surface area contributed by atoms with Gasteiger partial charge in [-0.05, 0) is 44.5 Å². The summed E-state index contributed by atoms with van der Waals surface area (Å²) in [4.78, 5) is 0. The monoisotopic (exact) mass is 248 g/mol. The van der Waals surface area contributed by atoms with Gasteiger partial charge in [0, 0.05) is 12.1 Å². The molecule has 18 heavy (non-hydrogen) atoms. The number of fused-ring (bicyclic) bond motifs is 1. The molecule has 0 amide bonds. The van der Waals surface area contributed by atoms with Crippen LogP contribution in [0.5, 0.6) is 11.5 Å². The first-order valence-electron chi connectivity index (χ1n) is 6.72. The van der Waals surface area contributed by atoms with E-state index in [-0.39, 0.29) is 0 Å². The molecule has 0 atom stereocenters. The topological polar surface area (TPSA) is 42.5 Å². The van der Waals surface area contributed by atoms with E-state index >= 15 is 0 Å². The maximum absolute atomic E-state index is 5.50. The lowest BCUT2D eigenvalue weighted by atomic mass is 9.98. The van der Waals surface area contributed by atoms with Crippen molar-refractivity contribution in [2.24, 2.45) is 5.92 Å². The molecule has 1 aromatic rings. The van der Waals surface area contributed by atoms with E-state index in [1.54, 1.807) is 0 Å². The summed E-state index contributed by atoms with van der Waals surface area (Å²) in [7, 11) is 0. The maximum Gasteiger partial charge on any atom is 0.231 e. The molecule has 0 aliphatic carbocycles. The average molecular weight is 248 g/mol. The van der Waals surface area contributed by atoms with Crippen molar-refractivity contribution in [2.75, 3.05) is 26.4 Å². The molecule has 4 nitrogen and oxygen atoms in total. The number of piperidine rings is 1. The Balaban J connectivity index is 1.52. The van der Waals surface area contributed by atoms with Crippen molar-refractivity contribution in [3.63, 3.8) is 0 Å². The predicted molar refractivity (Wildman–Crippen MR) is 69.9 cm³/mol. The third kappa shape index (κ3) is 2.60. The molecule has 1 fully saturated rings. The second-order valence-electron chi connectivity index (χ2n) is 4.98. The highest BCUT2D eigenvalue weighted by atomic mass is 16.7. The number of benzene rings is 1. The predicted octanol–water partition coefficient (Wildman–Crippen LogP) is 1.50. The van der Waals surface area contributed by atoms with E-state index in [2.05, 4.69) is 16.7 Å². The normalized spacial score (nSPS) is 19.1. The molecule has 0 spiro atoms. The SMILES string of the molecule is c1cc(CNCC2CCNCC2)c2c(c1)OCO2. The van der Waals surface area contributed by atoms with Crippen LogP contribution in [0.4, 0.5) is 0 Å². The molecule has 0 saturated carbocycles. The first kappa shape index (κ1) is 11.8. The fourth-order valence-corrected chi connectivity index (χ4v) is 2.63. The molecule has 0 aromatic heterocycles. The molecule has 0 radical (unpaired) electrons. The van der Waals surface area contributed by atoms with E-state index in [1.807, 2.05) is 12.1 Å². The molecule has 2 heterocycles. The molecule has 98 valence electrons. The van der Waals surface area contributed by atoms with Crippen LogP contribution in [0.25, 0.3) is 0 Å². The number of ether oxygens (including phenoxy) is 2. The Morgan fingerprint density at radius 1 is 1.22 bits per heavy atom. The van der Waals surface area contributed by atoms with E-state index in [4.69, 9.17) is 9.47 Å². The fourth-order valence-electron chi connectivity index (χ4n) is 2.63. The summed E-state index contributed by atoms with van der Waals surface area (Å²) in [6, 6.07) is 6.08. The largest absolute Gasteiger partial charge is 0.454 e. The Kier molecular flexibility index (Phi) is 3.67. The lowest BCUT2D eigenvalue weighted by molar-refractivity contribution is 0.173. The second-order valence-corrected chi connectivity index (χ2v) is 4.98. The quantitative estimate of drug-likeness (QED) is 0.847. The molecule has 2 N–H and O–H groups in total. The number of hydrogen-bond acceptors (Lipinski definition) is 4. The first-order valence-corrected chi connectivity index (χ1v) is 6.72. The highest BCUT2D eigenvalue weighted by molar-refractivity contribution is 5.48. The van der Waals surface area contributed by atoms with Gasteiger partial charge in [-0.1, -0.05) is 12.1 Å². The molecular weight excluding hydrogens is 228 g/mol. The van der Waals surface area contributed by atoms with Crippen molar-refractivity contribution in [1.82, 2.24) is 10.6 Å². The van der Waals surface area contributed by atoms with E-state index in [1.165, 1.54) is 18.4 Å². The van der Waals surface area contributed by atoms with Gasteiger partial charge in [-0.25, -0.2) is 0 Å². The van der Waals surface area contributed by atoms with Crippen molar-refractivity contribution in [3.05, 3.63) is 23.8 Å². The second kappa shape index (κ2) is 5.59. The molecule has 0 unspecified atom stereocenters. The van der Waals surface area contributed by atoms with E-state index in [9.17, 15) is 0 Å². The van der Waals surface area contributed by atoms with Gasteiger partial charge in [0.1, 0.15) is 0 Å². The third-order valence-electron chi connectivity index (χ3n) is 3.69. The van der Waals surface area contributed by atoms with Crippen LogP contribution in [0.2, 0.25) is 0 Å². The lowest BCUT2D eigenvalue weighted by Gasteiger charge is -2.22. The van der Waals surface area contributed by atoms with Crippen molar-refractivity contribution in [3.8, 4) is 11.5 Å².